The largest absolute Gasteiger partial charge is 0.375 e. The summed E-state index contributed by atoms with van der Waals surface area (Å²) in [6, 6.07) is 11.1. The highest BCUT2D eigenvalue weighted by Crippen LogP contribution is 2.45. The van der Waals surface area contributed by atoms with Crippen LogP contribution in [0, 0.1) is 5.92 Å². The standard InChI is InChI=1S/C18H23NOS/c19-17(16-11-13-5-1-2-6-15(13)21-16)14-7-10-20-18(12-14)8-3-4-9-18/h1-2,5-6,11,14,17H,3-4,7-10,12,19H2. The van der Waals surface area contributed by atoms with E-state index in [9.17, 15) is 0 Å². The van der Waals surface area contributed by atoms with Crippen molar-refractivity contribution in [3.05, 3.63) is 35.2 Å². The smallest absolute Gasteiger partial charge is 0.0686 e. The van der Waals surface area contributed by atoms with Crippen LogP contribution >= 0.6 is 11.3 Å². The molecule has 2 aliphatic rings. The van der Waals surface area contributed by atoms with Crippen molar-refractivity contribution in [2.24, 2.45) is 11.7 Å². The quantitative estimate of drug-likeness (QED) is 0.877. The zero-order valence-electron chi connectivity index (χ0n) is 12.4. The molecular weight excluding hydrogens is 278 g/mol. The number of ether oxygens (including phenoxy) is 1. The monoisotopic (exact) mass is 301 g/mol. The third-order valence-electron chi connectivity index (χ3n) is 5.33. The summed E-state index contributed by atoms with van der Waals surface area (Å²) in [7, 11) is 0. The number of hydrogen-bond donors (Lipinski definition) is 1. The Morgan fingerprint density at radius 1 is 1.24 bits per heavy atom. The number of fused-ring (bicyclic) bond motifs is 1. The number of benzene rings is 1. The van der Waals surface area contributed by atoms with Crippen LogP contribution in [0.1, 0.15) is 49.4 Å². The van der Waals surface area contributed by atoms with Gasteiger partial charge in [-0.1, -0.05) is 31.0 Å². The van der Waals surface area contributed by atoms with E-state index in [1.807, 2.05) is 11.3 Å². The van der Waals surface area contributed by atoms with Gasteiger partial charge < -0.3 is 10.5 Å². The van der Waals surface area contributed by atoms with Crippen LogP contribution < -0.4 is 5.73 Å². The SMILES string of the molecule is NC(c1cc2ccccc2s1)C1CCOC2(CCCC2)C1. The maximum Gasteiger partial charge on any atom is 0.0686 e. The molecule has 1 aromatic heterocycles. The molecule has 1 aliphatic heterocycles. The Morgan fingerprint density at radius 2 is 2.05 bits per heavy atom. The minimum absolute atomic E-state index is 0.164. The highest BCUT2D eigenvalue weighted by molar-refractivity contribution is 7.19. The van der Waals surface area contributed by atoms with E-state index in [2.05, 4.69) is 30.3 Å². The van der Waals surface area contributed by atoms with Crippen LogP contribution in [0.4, 0.5) is 0 Å². The zero-order valence-corrected chi connectivity index (χ0v) is 13.2. The van der Waals surface area contributed by atoms with Crippen LogP contribution in [-0.2, 0) is 4.74 Å². The van der Waals surface area contributed by atoms with E-state index in [1.54, 1.807) is 0 Å². The summed E-state index contributed by atoms with van der Waals surface area (Å²) >= 11 is 1.86. The molecule has 1 aromatic carbocycles. The lowest BCUT2D eigenvalue weighted by molar-refractivity contribution is -0.0962. The normalized spacial score (nSPS) is 26.4. The van der Waals surface area contributed by atoms with E-state index < -0.39 is 0 Å². The molecule has 1 spiro atoms. The molecule has 112 valence electrons. The molecule has 2 unspecified atom stereocenters. The molecule has 1 saturated carbocycles. The molecule has 3 heteroatoms. The second-order valence-corrected chi connectivity index (χ2v) is 7.82. The summed E-state index contributed by atoms with van der Waals surface area (Å²) in [5, 5.41) is 1.33. The number of nitrogens with two attached hydrogens (primary N) is 1. The van der Waals surface area contributed by atoms with E-state index in [1.165, 1.54) is 40.6 Å². The Balaban J connectivity index is 1.57. The zero-order chi connectivity index (χ0) is 14.3. The van der Waals surface area contributed by atoms with Crippen molar-refractivity contribution >= 4 is 21.4 Å². The predicted molar refractivity (Wildman–Crippen MR) is 88.6 cm³/mol. The van der Waals surface area contributed by atoms with E-state index in [0.717, 1.165) is 19.4 Å². The van der Waals surface area contributed by atoms with Gasteiger partial charge in [0.05, 0.1) is 5.60 Å². The molecule has 21 heavy (non-hydrogen) atoms. The lowest BCUT2D eigenvalue weighted by atomic mass is 9.80. The third-order valence-corrected chi connectivity index (χ3v) is 6.54. The van der Waals surface area contributed by atoms with Crippen molar-refractivity contribution in [3.63, 3.8) is 0 Å². The number of thiophene rings is 1. The van der Waals surface area contributed by atoms with Gasteiger partial charge in [0.15, 0.2) is 0 Å². The summed E-state index contributed by atoms with van der Waals surface area (Å²) in [5.74, 6) is 0.574. The maximum absolute atomic E-state index is 6.64. The second-order valence-electron chi connectivity index (χ2n) is 6.70. The van der Waals surface area contributed by atoms with Crippen LogP contribution in [0.15, 0.2) is 30.3 Å². The first-order valence-corrected chi connectivity index (χ1v) is 8.95. The van der Waals surface area contributed by atoms with Crippen molar-refractivity contribution < 1.29 is 4.74 Å². The molecule has 2 fully saturated rings. The fourth-order valence-corrected chi connectivity index (χ4v) is 5.30. The third kappa shape index (κ3) is 2.52. The Bertz CT molecular complexity index is 596. The maximum atomic E-state index is 6.64. The molecule has 2 nitrogen and oxygen atoms in total. The molecule has 2 aromatic rings. The Morgan fingerprint density at radius 3 is 2.86 bits per heavy atom. The van der Waals surface area contributed by atoms with E-state index >= 15 is 0 Å². The number of hydrogen-bond acceptors (Lipinski definition) is 3. The van der Waals surface area contributed by atoms with Gasteiger partial charge in [-0.2, -0.15) is 0 Å². The first-order valence-electron chi connectivity index (χ1n) is 8.14. The van der Waals surface area contributed by atoms with Crippen molar-refractivity contribution in [3.8, 4) is 0 Å². The predicted octanol–water partition coefficient (Wildman–Crippen LogP) is 4.64. The van der Waals surface area contributed by atoms with Gasteiger partial charge in [-0.3, -0.25) is 0 Å². The fourth-order valence-electron chi connectivity index (χ4n) is 4.14. The lowest BCUT2D eigenvalue weighted by Gasteiger charge is -2.40. The van der Waals surface area contributed by atoms with Crippen molar-refractivity contribution in [1.29, 1.82) is 0 Å². The van der Waals surface area contributed by atoms with Crippen LogP contribution in [0.2, 0.25) is 0 Å². The topological polar surface area (TPSA) is 35.2 Å². The minimum Gasteiger partial charge on any atom is -0.375 e. The van der Waals surface area contributed by atoms with Crippen LogP contribution in [0.25, 0.3) is 10.1 Å². The van der Waals surface area contributed by atoms with Crippen LogP contribution in [-0.4, -0.2) is 12.2 Å². The van der Waals surface area contributed by atoms with Crippen molar-refractivity contribution in [2.75, 3.05) is 6.61 Å². The molecule has 2 N–H and O–H groups in total. The van der Waals surface area contributed by atoms with E-state index in [-0.39, 0.29) is 11.6 Å². The summed E-state index contributed by atoms with van der Waals surface area (Å²) in [4.78, 5) is 1.34. The highest BCUT2D eigenvalue weighted by Gasteiger charge is 2.41. The first kappa shape index (κ1) is 13.7. The molecule has 2 heterocycles. The molecule has 2 atom stereocenters. The summed E-state index contributed by atoms with van der Waals surface area (Å²) < 4.78 is 7.50. The van der Waals surface area contributed by atoms with Crippen molar-refractivity contribution in [1.82, 2.24) is 0 Å². The van der Waals surface area contributed by atoms with Gasteiger partial charge in [0, 0.05) is 22.2 Å². The molecule has 0 bridgehead atoms. The average Bonchev–Trinajstić information content (AvgIpc) is 3.13. The molecule has 0 amide bonds. The fraction of sp³-hybridized carbons (Fsp3) is 0.556. The summed E-state index contributed by atoms with van der Waals surface area (Å²) in [6.45, 7) is 0.892. The molecule has 1 aliphatic carbocycles. The Labute approximate surface area is 130 Å². The Kier molecular flexibility index (Phi) is 3.52. The first-order chi connectivity index (χ1) is 10.3. The molecular formula is C18H23NOS. The molecule has 0 radical (unpaired) electrons. The second kappa shape index (κ2) is 5.38. The number of rotatable bonds is 2. The van der Waals surface area contributed by atoms with Gasteiger partial charge in [-0.25, -0.2) is 0 Å². The summed E-state index contributed by atoms with van der Waals surface area (Å²) in [6.07, 6.45) is 7.39. The van der Waals surface area contributed by atoms with Gasteiger partial charge in [0.2, 0.25) is 0 Å². The van der Waals surface area contributed by atoms with Crippen molar-refractivity contribution in [2.45, 2.75) is 50.2 Å². The Hall–Kier alpha value is -0.900. The highest BCUT2D eigenvalue weighted by atomic mass is 32.1. The van der Waals surface area contributed by atoms with Gasteiger partial charge in [-0.15, -0.1) is 11.3 Å². The van der Waals surface area contributed by atoms with E-state index in [0.29, 0.717) is 5.92 Å². The van der Waals surface area contributed by atoms with Crippen LogP contribution in [0.5, 0.6) is 0 Å². The lowest BCUT2D eigenvalue weighted by Crippen LogP contribution is -2.40. The van der Waals surface area contributed by atoms with Gasteiger partial charge in [0.25, 0.3) is 0 Å². The molecule has 4 rings (SSSR count). The van der Waals surface area contributed by atoms with Gasteiger partial charge in [0.1, 0.15) is 0 Å². The van der Waals surface area contributed by atoms with Gasteiger partial charge in [-0.05, 0) is 49.1 Å². The van der Waals surface area contributed by atoms with E-state index in [4.69, 9.17) is 10.5 Å². The van der Waals surface area contributed by atoms with Gasteiger partial charge >= 0.3 is 0 Å². The minimum atomic E-state index is 0.164. The summed E-state index contributed by atoms with van der Waals surface area (Å²) in [5.41, 5.74) is 6.80. The molecule has 1 saturated heterocycles. The average molecular weight is 301 g/mol. The van der Waals surface area contributed by atoms with Crippen LogP contribution in [0.3, 0.4) is 0 Å².